The zero-order chi connectivity index (χ0) is 13.9. The zero-order valence-electron chi connectivity index (χ0n) is 11.4. The van der Waals surface area contributed by atoms with Crippen LogP contribution in [0.1, 0.15) is 31.5 Å². The smallest absolute Gasteiger partial charge is 0.229 e. The maximum atomic E-state index is 5.21. The topological polar surface area (TPSA) is 51.8 Å². The number of hydrogen-bond acceptors (Lipinski definition) is 5. The van der Waals surface area contributed by atoms with Gasteiger partial charge in [0.15, 0.2) is 5.82 Å². The van der Waals surface area contributed by atoms with Gasteiger partial charge in [-0.25, -0.2) is 0 Å². The van der Waals surface area contributed by atoms with E-state index in [9.17, 15) is 0 Å². The predicted molar refractivity (Wildman–Crippen MR) is 79.7 cm³/mol. The van der Waals surface area contributed by atoms with Gasteiger partial charge in [0.1, 0.15) is 0 Å². The van der Waals surface area contributed by atoms with Gasteiger partial charge in [-0.05, 0) is 12.1 Å². The lowest BCUT2D eigenvalue weighted by molar-refractivity contribution is 0.362. The monoisotopic (exact) mass is 285 g/mol. The Kier molecular flexibility index (Phi) is 3.69. The van der Waals surface area contributed by atoms with Crippen molar-refractivity contribution in [2.24, 2.45) is 0 Å². The Hall–Kier alpha value is -1.88. The van der Waals surface area contributed by atoms with E-state index < -0.39 is 0 Å². The molecule has 0 atom stereocenters. The quantitative estimate of drug-likeness (QED) is 0.677. The van der Waals surface area contributed by atoms with E-state index in [1.165, 1.54) is 0 Å². The van der Waals surface area contributed by atoms with Crippen LogP contribution in [0.4, 0.5) is 0 Å². The third kappa shape index (κ3) is 2.67. The molecular formula is C15H15N3OS. The number of hydrogen-bond donors (Lipinski definition) is 0. The van der Waals surface area contributed by atoms with Crippen molar-refractivity contribution in [1.29, 1.82) is 0 Å². The summed E-state index contributed by atoms with van der Waals surface area (Å²) in [5, 5.41) is 5.15. The third-order valence-electron chi connectivity index (χ3n) is 2.93. The normalized spacial score (nSPS) is 11.3. The fourth-order valence-electron chi connectivity index (χ4n) is 1.90. The van der Waals surface area contributed by atoms with Crippen LogP contribution in [-0.4, -0.2) is 15.1 Å². The Morgan fingerprint density at radius 3 is 2.85 bits per heavy atom. The number of nitrogens with zero attached hydrogens (tertiary/aromatic N) is 3. The van der Waals surface area contributed by atoms with E-state index in [1.807, 2.05) is 32.2 Å². The Morgan fingerprint density at radius 2 is 2.05 bits per heavy atom. The van der Waals surface area contributed by atoms with Crippen molar-refractivity contribution in [3.8, 4) is 0 Å². The van der Waals surface area contributed by atoms with E-state index in [0.717, 1.165) is 21.6 Å². The maximum Gasteiger partial charge on any atom is 0.229 e. The minimum atomic E-state index is 0.264. The van der Waals surface area contributed by atoms with Gasteiger partial charge in [0.25, 0.3) is 0 Å². The van der Waals surface area contributed by atoms with Gasteiger partial charge >= 0.3 is 0 Å². The molecule has 4 nitrogen and oxygen atoms in total. The standard InChI is InChI=1S/C15H15N3OS/c1-10(2)15-17-13(18-19-15)9-20-12-7-3-5-11-6-4-8-16-14(11)12/h3-8,10H,9H2,1-2H3. The second-order valence-electron chi connectivity index (χ2n) is 4.82. The Morgan fingerprint density at radius 1 is 1.20 bits per heavy atom. The van der Waals surface area contributed by atoms with Crippen molar-refractivity contribution in [3.05, 3.63) is 48.2 Å². The first-order chi connectivity index (χ1) is 9.74. The highest BCUT2D eigenvalue weighted by Crippen LogP contribution is 2.28. The SMILES string of the molecule is CC(C)c1nc(CSc2cccc3cccnc23)no1. The summed E-state index contributed by atoms with van der Waals surface area (Å²) in [6, 6.07) is 10.2. The highest BCUT2D eigenvalue weighted by molar-refractivity contribution is 7.98. The van der Waals surface area contributed by atoms with Crippen molar-refractivity contribution in [2.45, 2.75) is 30.4 Å². The Bertz CT molecular complexity index is 718. The van der Waals surface area contributed by atoms with Crippen LogP contribution in [0.5, 0.6) is 0 Å². The molecule has 20 heavy (non-hydrogen) atoms. The second-order valence-corrected chi connectivity index (χ2v) is 5.84. The molecule has 3 rings (SSSR count). The zero-order valence-corrected chi connectivity index (χ0v) is 12.2. The van der Waals surface area contributed by atoms with Crippen LogP contribution >= 0.6 is 11.8 Å². The first-order valence-corrected chi connectivity index (χ1v) is 7.51. The molecule has 0 aliphatic rings. The number of benzene rings is 1. The molecule has 3 aromatic rings. The molecule has 0 unspecified atom stereocenters. The molecule has 0 amide bonds. The Balaban J connectivity index is 1.79. The molecule has 0 spiro atoms. The molecule has 5 heteroatoms. The van der Waals surface area contributed by atoms with Crippen molar-refractivity contribution in [2.75, 3.05) is 0 Å². The lowest BCUT2D eigenvalue weighted by Gasteiger charge is -2.03. The molecule has 2 heterocycles. The lowest BCUT2D eigenvalue weighted by Crippen LogP contribution is -1.89. The highest BCUT2D eigenvalue weighted by Gasteiger charge is 2.11. The lowest BCUT2D eigenvalue weighted by atomic mass is 10.2. The average molecular weight is 285 g/mol. The van der Waals surface area contributed by atoms with Gasteiger partial charge in [-0.1, -0.05) is 37.2 Å². The summed E-state index contributed by atoms with van der Waals surface area (Å²) < 4.78 is 5.21. The van der Waals surface area contributed by atoms with Gasteiger partial charge in [0.05, 0.1) is 11.3 Å². The van der Waals surface area contributed by atoms with Gasteiger partial charge in [-0.3, -0.25) is 4.98 Å². The number of pyridine rings is 1. The molecule has 102 valence electrons. The van der Waals surface area contributed by atoms with Crippen molar-refractivity contribution in [3.63, 3.8) is 0 Å². The van der Waals surface area contributed by atoms with E-state index in [1.54, 1.807) is 11.8 Å². The first-order valence-electron chi connectivity index (χ1n) is 6.53. The van der Waals surface area contributed by atoms with Crippen molar-refractivity contribution in [1.82, 2.24) is 15.1 Å². The minimum absolute atomic E-state index is 0.264. The molecule has 0 saturated carbocycles. The number of aromatic nitrogens is 3. The van der Waals surface area contributed by atoms with Gasteiger partial charge in [-0.2, -0.15) is 4.98 Å². The predicted octanol–water partition coefficient (Wildman–Crippen LogP) is 4.03. The minimum Gasteiger partial charge on any atom is -0.339 e. The van der Waals surface area contributed by atoms with Gasteiger partial charge in [0.2, 0.25) is 5.89 Å². The fraction of sp³-hybridized carbons (Fsp3) is 0.267. The Labute approximate surface area is 121 Å². The molecule has 0 fully saturated rings. The summed E-state index contributed by atoms with van der Waals surface area (Å²) in [4.78, 5) is 9.97. The van der Waals surface area contributed by atoms with E-state index >= 15 is 0 Å². The number of para-hydroxylation sites is 1. The van der Waals surface area contributed by atoms with E-state index in [0.29, 0.717) is 11.6 Å². The van der Waals surface area contributed by atoms with Crippen LogP contribution in [0.3, 0.4) is 0 Å². The van der Waals surface area contributed by atoms with Crippen LogP contribution in [0, 0.1) is 0 Å². The van der Waals surface area contributed by atoms with Crippen LogP contribution in [0.2, 0.25) is 0 Å². The van der Waals surface area contributed by atoms with Crippen LogP contribution in [0.15, 0.2) is 45.9 Å². The summed E-state index contributed by atoms with van der Waals surface area (Å²) in [6.45, 7) is 4.08. The van der Waals surface area contributed by atoms with Crippen LogP contribution < -0.4 is 0 Å². The van der Waals surface area contributed by atoms with E-state index in [4.69, 9.17) is 4.52 Å². The maximum absolute atomic E-state index is 5.21. The van der Waals surface area contributed by atoms with Gasteiger partial charge < -0.3 is 4.52 Å². The summed E-state index contributed by atoms with van der Waals surface area (Å²) in [6.07, 6.45) is 1.82. The van der Waals surface area contributed by atoms with Crippen LogP contribution in [0.25, 0.3) is 10.9 Å². The molecule has 1 aromatic carbocycles. The molecule has 0 aliphatic carbocycles. The molecule has 0 radical (unpaired) electrons. The third-order valence-corrected chi connectivity index (χ3v) is 3.97. The number of thioether (sulfide) groups is 1. The number of rotatable bonds is 4. The largest absolute Gasteiger partial charge is 0.339 e. The van der Waals surface area contributed by atoms with E-state index in [-0.39, 0.29) is 5.92 Å². The molecule has 0 N–H and O–H groups in total. The van der Waals surface area contributed by atoms with Gasteiger partial charge in [-0.15, -0.1) is 11.8 Å². The molecular weight excluding hydrogens is 270 g/mol. The summed E-state index contributed by atoms with van der Waals surface area (Å²) in [5.41, 5.74) is 1.02. The van der Waals surface area contributed by atoms with Gasteiger partial charge in [0, 0.05) is 22.4 Å². The second kappa shape index (κ2) is 5.63. The van der Waals surface area contributed by atoms with Crippen LogP contribution in [-0.2, 0) is 5.75 Å². The summed E-state index contributed by atoms with van der Waals surface area (Å²) in [5.74, 6) is 2.37. The summed E-state index contributed by atoms with van der Waals surface area (Å²) >= 11 is 1.68. The molecule has 0 bridgehead atoms. The van der Waals surface area contributed by atoms with Crippen molar-refractivity contribution >= 4 is 22.7 Å². The van der Waals surface area contributed by atoms with E-state index in [2.05, 4.69) is 33.3 Å². The molecule has 2 aromatic heterocycles. The molecule has 0 saturated heterocycles. The average Bonchev–Trinajstić information content (AvgIpc) is 2.94. The highest BCUT2D eigenvalue weighted by atomic mass is 32.2. The summed E-state index contributed by atoms with van der Waals surface area (Å²) in [7, 11) is 0. The van der Waals surface area contributed by atoms with Crippen molar-refractivity contribution < 1.29 is 4.52 Å². The number of fused-ring (bicyclic) bond motifs is 1. The molecule has 0 aliphatic heterocycles. The first kappa shape index (κ1) is 13.1. The fourth-order valence-corrected chi connectivity index (χ4v) is 2.78.